The van der Waals surface area contributed by atoms with Crippen LogP contribution in [-0.2, 0) is 6.42 Å². The number of nitrogens with one attached hydrogen (secondary N) is 1. The van der Waals surface area contributed by atoms with Crippen LogP contribution in [0.15, 0.2) is 42.5 Å². The molecule has 0 aliphatic rings. The third-order valence-corrected chi connectivity index (χ3v) is 4.39. The van der Waals surface area contributed by atoms with Gasteiger partial charge in [-0.15, -0.1) is 0 Å². The second-order valence-corrected chi connectivity index (χ2v) is 7.69. The number of aryl methyl sites for hydroxylation is 2. The van der Waals surface area contributed by atoms with Gasteiger partial charge in [-0.1, -0.05) is 42.3 Å². The van der Waals surface area contributed by atoms with Crippen molar-refractivity contribution in [1.82, 2.24) is 10.4 Å². The Morgan fingerprint density at radius 3 is 2.23 bits per heavy atom. The normalized spacial score (nSPS) is 11.2. The van der Waals surface area contributed by atoms with Crippen molar-refractivity contribution < 1.29 is 9.59 Å². The number of hydrogen-bond acceptors (Lipinski definition) is 2. The van der Waals surface area contributed by atoms with E-state index >= 15 is 0 Å². The maximum Gasteiger partial charge on any atom is 0.274 e. The molecular weight excluding hydrogens is 348 g/mol. The van der Waals surface area contributed by atoms with Gasteiger partial charge in [0.05, 0.1) is 16.1 Å². The van der Waals surface area contributed by atoms with Gasteiger partial charge in [-0.2, -0.15) is 0 Å². The van der Waals surface area contributed by atoms with Gasteiger partial charge in [-0.05, 0) is 63.9 Å². The summed E-state index contributed by atoms with van der Waals surface area (Å²) >= 11 is 6.21. The molecule has 0 atom stereocenters. The third kappa shape index (κ3) is 4.64. The van der Waals surface area contributed by atoms with Crippen molar-refractivity contribution in [2.75, 3.05) is 0 Å². The number of carbonyl (C=O) groups is 2. The van der Waals surface area contributed by atoms with Gasteiger partial charge in [0, 0.05) is 5.56 Å². The van der Waals surface area contributed by atoms with Crippen LogP contribution in [0.5, 0.6) is 0 Å². The fourth-order valence-corrected chi connectivity index (χ4v) is 2.70. The largest absolute Gasteiger partial charge is 0.274 e. The molecule has 0 unspecified atom stereocenters. The van der Waals surface area contributed by atoms with E-state index in [1.54, 1.807) is 24.3 Å². The molecule has 0 aromatic heterocycles. The second-order valence-electron chi connectivity index (χ2n) is 7.29. The average molecular weight is 373 g/mol. The molecule has 2 aromatic rings. The fraction of sp³-hybridized carbons (Fsp3) is 0.333. The molecule has 138 valence electrons. The quantitative estimate of drug-likeness (QED) is 0.787. The highest BCUT2D eigenvalue weighted by Crippen LogP contribution is 2.22. The highest BCUT2D eigenvalue weighted by Gasteiger charge is 2.30. The molecular formula is C21H25ClN2O2. The molecule has 0 saturated carbocycles. The number of hydrogen-bond donors (Lipinski definition) is 1. The van der Waals surface area contributed by atoms with Crippen molar-refractivity contribution in [3.63, 3.8) is 0 Å². The van der Waals surface area contributed by atoms with E-state index < -0.39 is 5.54 Å². The summed E-state index contributed by atoms with van der Waals surface area (Å²) in [7, 11) is 0. The SMILES string of the molecule is CCc1ccc(C(=O)NN(C(=O)c2cc(C)ccc2Cl)C(C)(C)C)cc1. The zero-order valence-electron chi connectivity index (χ0n) is 15.9. The van der Waals surface area contributed by atoms with Gasteiger partial charge in [0.2, 0.25) is 0 Å². The Hall–Kier alpha value is -2.33. The zero-order valence-corrected chi connectivity index (χ0v) is 16.6. The molecule has 0 aliphatic heterocycles. The van der Waals surface area contributed by atoms with Crippen molar-refractivity contribution in [3.05, 3.63) is 69.7 Å². The number of rotatable bonds is 3. The number of nitrogens with zero attached hydrogens (tertiary/aromatic N) is 1. The predicted octanol–water partition coefficient (Wildman–Crippen LogP) is 4.80. The molecule has 0 heterocycles. The number of carbonyl (C=O) groups excluding carboxylic acids is 2. The fourth-order valence-electron chi connectivity index (χ4n) is 2.50. The molecule has 2 rings (SSSR count). The summed E-state index contributed by atoms with van der Waals surface area (Å²) in [6.45, 7) is 9.52. The number of benzene rings is 2. The van der Waals surface area contributed by atoms with Crippen LogP contribution in [0.3, 0.4) is 0 Å². The highest BCUT2D eigenvalue weighted by atomic mass is 35.5. The van der Waals surface area contributed by atoms with Crippen molar-refractivity contribution >= 4 is 23.4 Å². The Morgan fingerprint density at radius 1 is 1.08 bits per heavy atom. The minimum atomic E-state index is -0.622. The van der Waals surface area contributed by atoms with E-state index in [0.717, 1.165) is 17.5 Å². The summed E-state index contributed by atoms with van der Waals surface area (Å²) in [5.41, 5.74) is 5.06. The maximum atomic E-state index is 13.1. The van der Waals surface area contributed by atoms with Crippen LogP contribution in [0.1, 0.15) is 59.5 Å². The Morgan fingerprint density at radius 2 is 1.69 bits per heavy atom. The second kappa shape index (κ2) is 7.92. The predicted molar refractivity (Wildman–Crippen MR) is 105 cm³/mol. The topological polar surface area (TPSA) is 49.4 Å². The van der Waals surface area contributed by atoms with Crippen molar-refractivity contribution in [3.8, 4) is 0 Å². The summed E-state index contributed by atoms with van der Waals surface area (Å²) in [5.74, 6) is -0.676. The van der Waals surface area contributed by atoms with Crippen LogP contribution in [0.2, 0.25) is 5.02 Å². The molecule has 0 fully saturated rings. The first kappa shape index (κ1) is 20.0. The summed E-state index contributed by atoms with van der Waals surface area (Å²) < 4.78 is 0. The Balaban J connectivity index is 2.31. The molecule has 2 aromatic carbocycles. The number of amides is 2. The highest BCUT2D eigenvalue weighted by molar-refractivity contribution is 6.33. The summed E-state index contributed by atoms with van der Waals surface area (Å²) in [6.07, 6.45) is 0.903. The van der Waals surface area contributed by atoms with Gasteiger partial charge in [-0.3, -0.25) is 15.0 Å². The monoisotopic (exact) mass is 372 g/mol. The molecule has 26 heavy (non-hydrogen) atoms. The van der Waals surface area contributed by atoms with E-state index in [4.69, 9.17) is 11.6 Å². The average Bonchev–Trinajstić information content (AvgIpc) is 2.60. The van der Waals surface area contributed by atoms with Crippen molar-refractivity contribution in [2.45, 2.75) is 46.6 Å². The van der Waals surface area contributed by atoms with Gasteiger partial charge < -0.3 is 0 Å². The first-order valence-electron chi connectivity index (χ1n) is 8.64. The van der Waals surface area contributed by atoms with Crippen molar-refractivity contribution in [1.29, 1.82) is 0 Å². The molecule has 0 aliphatic carbocycles. The van der Waals surface area contributed by atoms with E-state index in [1.807, 2.05) is 45.9 Å². The van der Waals surface area contributed by atoms with E-state index in [9.17, 15) is 9.59 Å². The first-order valence-corrected chi connectivity index (χ1v) is 9.02. The Kier molecular flexibility index (Phi) is 6.09. The van der Waals surface area contributed by atoms with E-state index in [2.05, 4.69) is 12.3 Å². The Labute approximate surface area is 160 Å². The minimum absolute atomic E-state index is 0.334. The molecule has 1 N–H and O–H groups in total. The van der Waals surface area contributed by atoms with E-state index in [-0.39, 0.29) is 11.8 Å². The van der Waals surface area contributed by atoms with Crippen LogP contribution >= 0.6 is 11.6 Å². The van der Waals surface area contributed by atoms with Gasteiger partial charge in [0.1, 0.15) is 0 Å². The molecule has 5 heteroatoms. The lowest BCUT2D eigenvalue weighted by atomic mass is 10.0. The standard InChI is InChI=1S/C21H25ClN2O2/c1-6-15-8-10-16(11-9-15)19(25)23-24(21(3,4)5)20(26)17-13-14(2)7-12-18(17)22/h7-13H,6H2,1-5H3,(H,23,25). The molecule has 4 nitrogen and oxygen atoms in total. The molecule has 0 bridgehead atoms. The van der Waals surface area contributed by atoms with Crippen LogP contribution in [0.4, 0.5) is 0 Å². The smallest absolute Gasteiger partial charge is 0.267 e. The van der Waals surface area contributed by atoms with Crippen molar-refractivity contribution in [2.24, 2.45) is 0 Å². The van der Waals surface area contributed by atoms with E-state index in [1.165, 1.54) is 5.01 Å². The lowest BCUT2D eigenvalue weighted by molar-refractivity contribution is 0.0358. The van der Waals surface area contributed by atoms with Gasteiger partial charge in [0.15, 0.2) is 0 Å². The lowest BCUT2D eigenvalue weighted by Crippen LogP contribution is -2.56. The van der Waals surface area contributed by atoms with Crippen LogP contribution in [0, 0.1) is 6.92 Å². The number of hydrazine groups is 1. The maximum absolute atomic E-state index is 13.1. The summed E-state index contributed by atoms with van der Waals surface area (Å²) in [5, 5.41) is 1.69. The van der Waals surface area contributed by atoms with E-state index in [0.29, 0.717) is 16.1 Å². The zero-order chi connectivity index (χ0) is 19.5. The Bertz CT molecular complexity index is 808. The van der Waals surface area contributed by atoms with Gasteiger partial charge in [0.25, 0.3) is 11.8 Å². The minimum Gasteiger partial charge on any atom is -0.267 e. The van der Waals surface area contributed by atoms with Crippen LogP contribution < -0.4 is 5.43 Å². The molecule has 0 spiro atoms. The van der Waals surface area contributed by atoms with Crippen LogP contribution in [-0.4, -0.2) is 22.4 Å². The summed E-state index contributed by atoms with van der Waals surface area (Å²) in [6, 6.07) is 12.6. The molecule has 2 amide bonds. The first-order chi connectivity index (χ1) is 12.1. The van der Waals surface area contributed by atoms with Gasteiger partial charge in [-0.25, -0.2) is 5.01 Å². The van der Waals surface area contributed by atoms with Gasteiger partial charge >= 0.3 is 0 Å². The molecule has 0 radical (unpaired) electrons. The lowest BCUT2D eigenvalue weighted by Gasteiger charge is -2.35. The molecule has 0 saturated heterocycles. The van der Waals surface area contributed by atoms with Crippen LogP contribution in [0.25, 0.3) is 0 Å². The number of halogens is 1. The summed E-state index contributed by atoms with van der Waals surface area (Å²) in [4.78, 5) is 25.7. The third-order valence-electron chi connectivity index (χ3n) is 4.06.